The predicted octanol–water partition coefficient (Wildman–Crippen LogP) is 1.83. The van der Waals surface area contributed by atoms with Crippen molar-refractivity contribution in [3.05, 3.63) is 34.9 Å². The largest absolute Gasteiger partial charge is 0.348 e. The number of nitrogens with one attached hydrogen (secondary N) is 1. The highest BCUT2D eigenvalue weighted by molar-refractivity contribution is 5.81. The molecule has 0 bridgehead atoms. The average molecular weight is 220 g/mol. The molecule has 0 saturated heterocycles. The van der Waals surface area contributed by atoms with E-state index in [4.69, 9.17) is 5.73 Å². The number of hydrogen-bond acceptors (Lipinski definition) is 2. The highest BCUT2D eigenvalue weighted by Crippen LogP contribution is 2.16. The Morgan fingerprint density at radius 3 is 2.12 bits per heavy atom. The second kappa shape index (κ2) is 5.12. The van der Waals surface area contributed by atoms with E-state index in [1.807, 2.05) is 6.92 Å². The number of carbonyl (C=O) groups is 1. The van der Waals surface area contributed by atoms with Crippen LogP contribution < -0.4 is 11.1 Å². The third-order valence-corrected chi connectivity index (χ3v) is 2.52. The van der Waals surface area contributed by atoms with E-state index in [9.17, 15) is 4.79 Å². The summed E-state index contributed by atoms with van der Waals surface area (Å²) in [4.78, 5) is 11.5. The van der Waals surface area contributed by atoms with Crippen molar-refractivity contribution >= 4 is 5.91 Å². The van der Waals surface area contributed by atoms with E-state index in [2.05, 4.69) is 37.4 Å². The fourth-order valence-electron chi connectivity index (χ4n) is 1.69. The summed E-state index contributed by atoms with van der Waals surface area (Å²) in [6, 6.07) is 5.81. The van der Waals surface area contributed by atoms with Gasteiger partial charge in [-0.1, -0.05) is 29.3 Å². The summed E-state index contributed by atoms with van der Waals surface area (Å²) in [5, 5.41) is 2.89. The van der Waals surface area contributed by atoms with Gasteiger partial charge in [-0.25, -0.2) is 0 Å². The minimum Gasteiger partial charge on any atom is -0.348 e. The Bertz CT molecular complexity index is 365. The Hall–Kier alpha value is -1.35. The van der Waals surface area contributed by atoms with E-state index in [1.165, 1.54) is 11.1 Å². The molecule has 16 heavy (non-hydrogen) atoms. The quantitative estimate of drug-likeness (QED) is 0.816. The normalized spacial score (nSPS) is 14.3. The average Bonchev–Trinajstić information content (AvgIpc) is 2.15. The Morgan fingerprint density at radius 1 is 1.19 bits per heavy atom. The number of carbonyl (C=O) groups excluding carboxylic acids is 1. The van der Waals surface area contributed by atoms with Crippen LogP contribution in [0.3, 0.4) is 0 Å². The van der Waals surface area contributed by atoms with Gasteiger partial charge in [0.25, 0.3) is 0 Å². The molecule has 0 spiro atoms. The lowest BCUT2D eigenvalue weighted by atomic mass is 10.0. The van der Waals surface area contributed by atoms with Crippen LogP contribution in [0.25, 0.3) is 0 Å². The monoisotopic (exact) mass is 220 g/mol. The highest BCUT2D eigenvalue weighted by atomic mass is 16.2. The zero-order valence-electron chi connectivity index (χ0n) is 10.4. The molecule has 0 aliphatic carbocycles. The van der Waals surface area contributed by atoms with E-state index in [-0.39, 0.29) is 11.9 Å². The van der Waals surface area contributed by atoms with E-state index >= 15 is 0 Å². The lowest BCUT2D eigenvalue weighted by molar-refractivity contribution is -0.122. The summed E-state index contributed by atoms with van der Waals surface area (Å²) in [6.07, 6.45) is 0. The zero-order valence-corrected chi connectivity index (χ0v) is 10.4. The summed E-state index contributed by atoms with van der Waals surface area (Å²) in [5.74, 6) is -0.119. The third kappa shape index (κ3) is 3.35. The number of rotatable bonds is 3. The van der Waals surface area contributed by atoms with Gasteiger partial charge >= 0.3 is 0 Å². The lowest BCUT2D eigenvalue weighted by Gasteiger charge is -2.17. The molecule has 0 aromatic heterocycles. The maximum Gasteiger partial charge on any atom is 0.237 e. The van der Waals surface area contributed by atoms with Gasteiger partial charge in [0, 0.05) is 0 Å². The van der Waals surface area contributed by atoms with E-state index < -0.39 is 6.04 Å². The van der Waals surface area contributed by atoms with Gasteiger partial charge in [0.15, 0.2) is 0 Å². The molecular formula is C13H20N2O. The molecule has 0 fully saturated rings. The zero-order chi connectivity index (χ0) is 12.3. The Morgan fingerprint density at radius 2 is 1.69 bits per heavy atom. The minimum absolute atomic E-state index is 0.00269. The summed E-state index contributed by atoms with van der Waals surface area (Å²) < 4.78 is 0. The van der Waals surface area contributed by atoms with Crippen molar-refractivity contribution in [1.82, 2.24) is 5.32 Å². The number of hydrogen-bond donors (Lipinski definition) is 2. The second-order valence-corrected chi connectivity index (χ2v) is 4.44. The van der Waals surface area contributed by atoms with E-state index in [0.29, 0.717) is 0 Å². The van der Waals surface area contributed by atoms with Gasteiger partial charge in [0.2, 0.25) is 5.91 Å². The van der Waals surface area contributed by atoms with Crippen LogP contribution in [0.15, 0.2) is 18.2 Å². The molecule has 1 aromatic rings. The van der Waals surface area contributed by atoms with Gasteiger partial charge in [-0.15, -0.1) is 0 Å². The van der Waals surface area contributed by atoms with Crippen LogP contribution in [0.5, 0.6) is 0 Å². The molecule has 88 valence electrons. The first-order valence-corrected chi connectivity index (χ1v) is 5.54. The van der Waals surface area contributed by atoms with E-state index in [0.717, 1.165) is 5.56 Å². The summed E-state index contributed by atoms with van der Waals surface area (Å²) >= 11 is 0. The SMILES string of the molecule is Cc1cc(C)cc(C(C)NC(=O)[C@@H](C)N)c1. The molecule has 2 atom stereocenters. The molecule has 1 amide bonds. The van der Waals surface area contributed by atoms with Crippen molar-refractivity contribution in [2.24, 2.45) is 5.73 Å². The fraction of sp³-hybridized carbons (Fsp3) is 0.462. The van der Waals surface area contributed by atoms with E-state index in [1.54, 1.807) is 6.92 Å². The third-order valence-electron chi connectivity index (χ3n) is 2.52. The van der Waals surface area contributed by atoms with Gasteiger partial charge in [0.05, 0.1) is 12.1 Å². The van der Waals surface area contributed by atoms with Crippen molar-refractivity contribution in [2.75, 3.05) is 0 Å². The number of benzene rings is 1. The van der Waals surface area contributed by atoms with Crippen LogP contribution >= 0.6 is 0 Å². The maximum atomic E-state index is 11.5. The molecule has 0 heterocycles. The first-order chi connectivity index (χ1) is 7.40. The molecular weight excluding hydrogens is 200 g/mol. The van der Waals surface area contributed by atoms with Crippen molar-refractivity contribution < 1.29 is 4.79 Å². The Kier molecular flexibility index (Phi) is 4.07. The molecule has 1 unspecified atom stereocenters. The van der Waals surface area contributed by atoms with Crippen LogP contribution in [0, 0.1) is 13.8 Å². The summed E-state index contributed by atoms with van der Waals surface area (Å²) in [6.45, 7) is 7.76. The van der Waals surface area contributed by atoms with Crippen LogP contribution in [0.2, 0.25) is 0 Å². The molecule has 0 aliphatic heterocycles. The van der Waals surface area contributed by atoms with Gasteiger partial charge in [-0.2, -0.15) is 0 Å². The standard InChI is InChI=1S/C13H20N2O/c1-8-5-9(2)7-12(6-8)11(4)15-13(16)10(3)14/h5-7,10-11H,14H2,1-4H3,(H,15,16)/t10-,11?/m1/s1. The van der Waals surface area contributed by atoms with Crippen molar-refractivity contribution in [2.45, 2.75) is 39.8 Å². The molecule has 1 aromatic carbocycles. The second-order valence-electron chi connectivity index (χ2n) is 4.44. The van der Waals surface area contributed by atoms with Gasteiger partial charge in [-0.3, -0.25) is 4.79 Å². The number of nitrogens with two attached hydrogens (primary N) is 1. The van der Waals surface area contributed by atoms with Crippen LogP contribution in [-0.2, 0) is 4.79 Å². The van der Waals surface area contributed by atoms with Crippen molar-refractivity contribution in [1.29, 1.82) is 0 Å². The van der Waals surface area contributed by atoms with Gasteiger partial charge in [0.1, 0.15) is 0 Å². The van der Waals surface area contributed by atoms with Crippen LogP contribution in [-0.4, -0.2) is 11.9 Å². The molecule has 0 saturated carbocycles. The van der Waals surface area contributed by atoms with Crippen LogP contribution in [0.4, 0.5) is 0 Å². The topological polar surface area (TPSA) is 55.1 Å². The van der Waals surface area contributed by atoms with Gasteiger partial charge < -0.3 is 11.1 Å². The summed E-state index contributed by atoms with van der Waals surface area (Å²) in [5.41, 5.74) is 9.04. The molecule has 1 rings (SSSR count). The first-order valence-electron chi connectivity index (χ1n) is 5.54. The van der Waals surface area contributed by atoms with Crippen molar-refractivity contribution in [3.63, 3.8) is 0 Å². The molecule has 3 N–H and O–H groups in total. The minimum atomic E-state index is -0.464. The Labute approximate surface area is 97.0 Å². The fourth-order valence-corrected chi connectivity index (χ4v) is 1.69. The Balaban J connectivity index is 2.80. The number of aryl methyl sites for hydroxylation is 2. The predicted molar refractivity (Wildman–Crippen MR) is 66.1 cm³/mol. The van der Waals surface area contributed by atoms with Crippen molar-refractivity contribution in [3.8, 4) is 0 Å². The lowest BCUT2D eigenvalue weighted by Crippen LogP contribution is -2.39. The molecule has 0 radical (unpaired) electrons. The molecule has 3 nitrogen and oxygen atoms in total. The molecule has 0 aliphatic rings. The van der Waals surface area contributed by atoms with Gasteiger partial charge in [-0.05, 0) is 33.3 Å². The molecule has 3 heteroatoms. The smallest absolute Gasteiger partial charge is 0.237 e. The maximum absolute atomic E-state index is 11.5. The first kappa shape index (κ1) is 12.7. The van der Waals surface area contributed by atoms with Crippen LogP contribution in [0.1, 0.15) is 36.6 Å². The summed E-state index contributed by atoms with van der Waals surface area (Å²) in [7, 11) is 0. The number of amides is 1. The highest BCUT2D eigenvalue weighted by Gasteiger charge is 2.12.